The molecule has 0 bridgehead atoms. The Kier molecular flexibility index (Phi) is 4.91. The Morgan fingerprint density at radius 2 is 2.00 bits per heavy atom. The summed E-state index contributed by atoms with van der Waals surface area (Å²) in [6.07, 6.45) is 5.16. The Bertz CT molecular complexity index is 430. The molecule has 1 fully saturated rings. The fourth-order valence-corrected chi connectivity index (χ4v) is 4.94. The van der Waals surface area contributed by atoms with Crippen LogP contribution in [0.2, 0.25) is 0 Å². The van der Waals surface area contributed by atoms with Gasteiger partial charge in [0.15, 0.2) is 0 Å². The van der Waals surface area contributed by atoms with E-state index >= 15 is 0 Å². The Balaban J connectivity index is 2.12. The van der Waals surface area contributed by atoms with Gasteiger partial charge in [0.05, 0.1) is 10.7 Å². The van der Waals surface area contributed by atoms with Crippen LogP contribution < -0.4 is 5.32 Å². The van der Waals surface area contributed by atoms with Crippen molar-refractivity contribution >= 4 is 11.3 Å². The second-order valence-electron chi connectivity index (χ2n) is 7.33. The molecule has 1 heterocycles. The maximum atomic E-state index is 4.75. The third-order valence-corrected chi connectivity index (χ3v) is 6.24. The van der Waals surface area contributed by atoms with E-state index in [9.17, 15) is 0 Å². The number of nitrogens with zero attached hydrogens (tertiary/aromatic N) is 1. The molecule has 0 aromatic carbocycles. The maximum absolute atomic E-state index is 4.75. The molecule has 0 spiro atoms. The van der Waals surface area contributed by atoms with E-state index in [1.165, 1.54) is 34.8 Å². The van der Waals surface area contributed by atoms with E-state index in [4.69, 9.17) is 4.98 Å². The van der Waals surface area contributed by atoms with Crippen molar-refractivity contribution in [3.8, 4) is 0 Å². The largest absolute Gasteiger partial charge is 0.317 e. The summed E-state index contributed by atoms with van der Waals surface area (Å²) in [5, 5.41) is 4.89. The van der Waals surface area contributed by atoms with Crippen molar-refractivity contribution in [2.24, 2.45) is 17.3 Å². The SMILES string of the molecule is CNC1CC(C)CCC1C(C)(C)Cc1nc(C)c(C)s1. The summed E-state index contributed by atoms with van der Waals surface area (Å²) in [6, 6.07) is 0.663. The van der Waals surface area contributed by atoms with E-state index in [0.717, 1.165) is 18.3 Å². The van der Waals surface area contributed by atoms with Crippen LogP contribution in [0.1, 0.15) is 55.6 Å². The summed E-state index contributed by atoms with van der Waals surface area (Å²) in [5.41, 5.74) is 1.54. The minimum absolute atomic E-state index is 0.324. The highest BCUT2D eigenvalue weighted by Crippen LogP contribution is 2.42. The van der Waals surface area contributed by atoms with E-state index < -0.39 is 0 Å². The predicted molar refractivity (Wildman–Crippen MR) is 88.4 cm³/mol. The van der Waals surface area contributed by atoms with Crippen LogP contribution in [0.5, 0.6) is 0 Å². The average Bonchev–Trinajstić information content (AvgIpc) is 2.66. The standard InChI is InChI=1S/C17H30N2S/c1-11-7-8-14(15(9-11)18-6)17(4,5)10-16-19-12(2)13(3)20-16/h11,14-15,18H,7-10H2,1-6H3. The molecule has 20 heavy (non-hydrogen) atoms. The molecule has 114 valence electrons. The molecular formula is C17H30N2S. The molecule has 0 aliphatic heterocycles. The van der Waals surface area contributed by atoms with Crippen LogP contribution in [0.15, 0.2) is 0 Å². The fraction of sp³-hybridized carbons (Fsp3) is 0.824. The number of thiazole rings is 1. The topological polar surface area (TPSA) is 24.9 Å². The van der Waals surface area contributed by atoms with Crippen molar-refractivity contribution < 1.29 is 0 Å². The molecule has 0 amide bonds. The minimum atomic E-state index is 0.324. The van der Waals surface area contributed by atoms with Crippen molar-refractivity contribution in [1.82, 2.24) is 10.3 Å². The van der Waals surface area contributed by atoms with E-state index in [-0.39, 0.29) is 0 Å². The normalized spacial score (nSPS) is 27.8. The zero-order valence-corrected chi connectivity index (χ0v) is 14.7. The van der Waals surface area contributed by atoms with Gasteiger partial charge in [0.2, 0.25) is 0 Å². The Labute approximate surface area is 128 Å². The molecule has 1 saturated carbocycles. The van der Waals surface area contributed by atoms with E-state index in [1.54, 1.807) is 0 Å². The van der Waals surface area contributed by atoms with Crippen LogP contribution in [-0.4, -0.2) is 18.1 Å². The highest BCUT2D eigenvalue weighted by molar-refractivity contribution is 7.11. The number of aryl methyl sites for hydroxylation is 2. The molecule has 0 saturated heterocycles. The summed E-state index contributed by atoms with van der Waals surface area (Å²) in [4.78, 5) is 6.13. The Morgan fingerprint density at radius 3 is 2.55 bits per heavy atom. The lowest BCUT2D eigenvalue weighted by molar-refractivity contribution is 0.0980. The zero-order chi connectivity index (χ0) is 14.9. The molecule has 3 atom stereocenters. The molecule has 1 aromatic heterocycles. The van der Waals surface area contributed by atoms with Crippen LogP contribution in [0, 0.1) is 31.1 Å². The first-order valence-electron chi connectivity index (χ1n) is 7.93. The quantitative estimate of drug-likeness (QED) is 0.893. The van der Waals surface area contributed by atoms with Gasteiger partial charge in [0.1, 0.15) is 0 Å². The summed E-state index contributed by atoms with van der Waals surface area (Å²) in [7, 11) is 2.13. The molecule has 3 heteroatoms. The van der Waals surface area contributed by atoms with E-state index in [2.05, 4.69) is 47.0 Å². The van der Waals surface area contributed by atoms with Gasteiger partial charge in [-0.15, -0.1) is 11.3 Å². The molecule has 1 N–H and O–H groups in total. The number of nitrogens with one attached hydrogen (secondary N) is 1. The molecule has 3 unspecified atom stereocenters. The summed E-state index contributed by atoms with van der Waals surface area (Å²) in [6.45, 7) is 11.6. The van der Waals surface area contributed by atoms with Crippen LogP contribution in [0.4, 0.5) is 0 Å². The third-order valence-electron chi connectivity index (χ3n) is 5.17. The van der Waals surface area contributed by atoms with Crippen molar-refractivity contribution in [2.75, 3.05) is 7.05 Å². The van der Waals surface area contributed by atoms with Gasteiger partial charge in [-0.25, -0.2) is 4.98 Å². The predicted octanol–water partition coefficient (Wildman–Crippen LogP) is 4.35. The average molecular weight is 295 g/mol. The highest BCUT2D eigenvalue weighted by Gasteiger charge is 2.38. The molecule has 0 radical (unpaired) electrons. The lowest BCUT2D eigenvalue weighted by Gasteiger charge is -2.44. The zero-order valence-electron chi connectivity index (χ0n) is 13.9. The smallest absolute Gasteiger partial charge is 0.0936 e. The Hall–Kier alpha value is -0.410. The van der Waals surface area contributed by atoms with Gasteiger partial charge in [-0.3, -0.25) is 0 Å². The fourth-order valence-electron chi connectivity index (χ4n) is 3.77. The first-order chi connectivity index (χ1) is 9.33. The molecule has 1 aromatic rings. The molecule has 2 nitrogen and oxygen atoms in total. The van der Waals surface area contributed by atoms with Crippen molar-refractivity contribution in [3.05, 3.63) is 15.6 Å². The summed E-state index contributed by atoms with van der Waals surface area (Å²) < 4.78 is 0. The van der Waals surface area contributed by atoms with Crippen molar-refractivity contribution in [1.29, 1.82) is 0 Å². The number of hydrogen-bond donors (Lipinski definition) is 1. The van der Waals surface area contributed by atoms with Gasteiger partial charge in [-0.05, 0) is 51.0 Å². The van der Waals surface area contributed by atoms with Crippen molar-refractivity contribution in [2.45, 2.75) is 66.3 Å². The monoisotopic (exact) mass is 294 g/mol. The van der Waals surface area contributed by atoms with Gasteiger partial charge in [0.25, 0.3) is 0 Å². The molecule has 1 aliphatic rings. The van der Waals surface area contributed by atoms with E-state index in [1.807, 2.05) is 11.3 Å². The van der Waals surface area contributed by atoms with Gasteiger partial charge in [0, 0.05) is 17.3 Å². The summed E-state index contributed by atoms with van der Waals surface area (Å²) in [5.74, 6) is 1.62. The first kappa shape index (κ1) is 16.0. The van der Waals surface area contributed by atoms with Crippen molar-refractivity contribution in [3.63, 3.8) is 0 Å². The van der Waals surface area contributed by atoms with Gasteiger partial charge >= 0.3 is 0 Å². The minimum Gasteiger partial charge on any atom is -0.317 e. The van der Waals surface area contributed by atoms with Crippen LogP contribution >= 0.6 is 11.3 Å². The lowest BCUT2D eigenvalue weighted by atomic mass is 9.65. The van der Waals surface area contributed by atoms with Gasteiger partial charge in [-0.2, -0.15) is 0 Å². The summed E-state index contributed by atoms with van der Waals surface area (Å²) >= 11 is 1.88. The van der Waals surface area contributed by atoms with E-state index in [0.29, 0.717) is 11.5 Å². The first-order valence-corrected chi connectivity index (χ1v) is 8.75. The second-order valence-corrected chi connectivity index (χ2v) is 8.62. The second kappa shape index (κ2) is 6.15. The Morgan fingerprint density at radius 1 is 1.30 bits per heavy atom. The van der Waals surface area contributed by atoms with Gasteiger partial charge < -0.3 is 5.32 Å². The molecular weight excluding hydrogens is 264 g/mol. The van der Waals surface area contributed by atoms with Gasteiger partial charge in [-0.1, -0.05) is 27.2 Å². The third kappa shape index (κ3) is 3.43. The number of rotatable bonds is 4. The maximum Gasteiger partial charge on any atom is 0.0936 e. The number of aromatic nitrogens is 1. The number of hydrogen-bond acceptors (Lipinski definition) is 3. The molecule has 2 rings (SSSR count). The highest BCUT2D eigenvalue weighted by atomic mass is 32.1. The molecule has 1 aliphatic carbocycles. The van der Waals surface area contributed by atoms with Crippen LogP contribution in [0.3, 0.4) is 0 Å². The van der Waals surface area contributed by atoms with Crippen LogP contribution in [-0.2, 0) is 6.42 Å². The lowest BCUT2D eigenvalue weighted by Crippen LogP contribution is -2.46. The van der Waals surface area contributed by atoms with Crippen LogP contribution in [0.25, 0.3) is 0 Å².